The standard InChI is InChI=1S/C30H33N5O4/c1-33-25-9-8-23(15-24(25)16-31-33)21-4-6-22(7-5-21)27-32-30(10-13-38-14-11-30)29(37)35(27)19-20-17-34(18-20)28(36)26-3-2-12-39-26/h4-9,15-16,20,26H,2-3,10-14,17-19H2,1H3. The highest BCUT2D eigenvalue weighted by Crippen LogP contribution is 2.36. The molecule has 9 heteroatoms. The summed E-state index contributed by atoms with van der Waals surface area (Å²) in [5.74, 6) is 1.12. The molecule has 2 aromatic carbocycles. The lowest BCUT2D eigenvalue weighted by atomic mass is 9.90. The van der Waals surface area contributed by atoms with Gasteiger partial charge in [-0.15, -0.1) is 0 Å². The Morgan fingerprint density at radius 2 is 1.77 bits per heavy atom. The molecule has 0 N–H and O–H groups in total. The van der Waals surface area contributed by atoms with E-state index in [1.165, 1.54) is 0 Å². The molecule has 0 bridgehead atoms. The first-order valence-electron chi connectivity index (χ1n) is 13.9. The molecule has 3 fully saturated rings. The fourth-order valence-electron chi connectivity index (χ4n) is 6.34. The summed E-state index contributed by atoms with van der Waals surface area (Å²) in [6, 6.07) is 14.7. The lowest BCUT2D eigenvalue weighted by molar-refractivity contribution is -0.148. The Kier molecular flexibility index (Phi) is 6.01. The van der Waals surface area contributed by atoms with E-state index in [2.05, 4.69) is 47.6 Å². The number of amidine groups is 1. The third kappa shape index (κ3) is 4.24. The van der Waals surface area contributed by atoms with Crippen molar-refractivity contribution in [3.8, 4) is 11.1 Å². The normalized spacial score (nSPS) is 23.1. The van der Waals surface area contributed by atoms with Crippen molar-refractivity contribution in [1.29, 1.82) is 0 Å². The van der Waals surface area contributed by atoms with E-state index in [-0.39, 0.29) is 23.8 Å². The quantitative estimate of drug-likeness (QED) is 0.509. The van der Waals surface area contributed by atoms with Crippen LogP contribution in [0.4, 0.5) is 0 Å². The number of nitrogens with zero attached hydrogens (tertiary/aromatic N) is 5. The molecular weight excluding hydrogens is 494 g/mol. The van der Waals surface area contributed by atoms with Gasteiger partial charge in [-0.25, -0.2) is 0 Å². The fraction of sp³-hybridized carbons (Fsp3) is 0.467. The molecule has 0 radical (unpaired) electrons. The zero-order valence-corrected chi connectivity index (χ0v) is 22.2. The lowest BCUT2D eigenvalue weighted by Gasteiger charge is -2.42. The molecule has 4 aliphatic rings. The highest BCUT2D eigenvalue weighted by atomic mass is 16.5. The molecule has 0 saturated carbocycles. The third-order valence-electron chi connectivity index (χ3n) is 8.68. The number of aliphatic imine (C=N–C) groups is 1. The Morgan fingerprint density at radius 3 is 2.51 bits per heavy atom. The molecule has 0 aliphatic carbocycles. The van der Waals surface area contributed by atoms with Gasteiger partial charge in [-0.3, -0.25) is 24.2 Å². The number of fused-ring (bicyclic) bond motifs is 1. The predicted octanol–water partition coefficient (Wildman–Crippen LogP) is 3.02. The van der Waals surface area contributed by atoms with Gasteiger partial charge in [0.05, 0.1) is 11.7 Å². The van der Waals surface area contributed by atoms with Crippen molar-refractivity contribution < 1.29 is 19.1 Å². The van der Waals surface area contributed by atoms with Gasteiger partial charge in [0.25, 0.3) is 11.8 Å². The molecule has 5 heterocycles. The lowest BCUT2D eigenvalue weighted by Crippen LogP contribution is -2.57. The molecule has 1 spiro atoms. The number of aryl methyl sites for hydroxylation is 1. The van der Waals surface area contributed by atoms with E-state index in [0.717, 1.165) is 46.3 Å². The van der Waals surface area contributed by atoms with E-state index in [1.807, 2.05) is 27.7 Å². The van der Waals surface area contributed by atoms with Gasteiger partial charge >= 0.3 is 0 Å². The first-order chi connectivity index (χ1) is 19.0. The minimum Gasteiger partial charge on any atom is -0.381 e. The van der Waals surface area contributed by atoms with E-state index in [1.54, 1.807) is 0 Å². The third-order valence-corrected chi connectivity index (χ3v) is 8.68. The van der Waals surface area contributed by atoms with Gasteiger partial charge in [0.2, 0.25) is 0 Å². The maximum Gasteiger partial charge on any atom is 0.256 e. The average Bonchev–Trinajstić information content (AvgIpc) is 3.67. The molecular formula is C30H33N5O4. The Bertz CT molecular complexity index is 1440. The SMILES string of the molecule is Cn1ncc2cc(-c3ccc(C4=NC5(CCOCC5)C(=O)N4CC4CN(C(=O)C5CCCO5)C4)cc3)ccc21. The van der Waals surface area contributed by atoms with Crippen LogP contribution in [-0.2, 0) is 26.1 Å². The van der Waals surface area contributed by atoms with E-state index in [0.29, 0.717) is 52.3 Å². The van der Waals surface area contributed by atoms with Crippen molar-refractivity contribution in [1.82, 2.24) is 19.6 Å². The average molecular weight is 528 g/mol. The van der Waals surface area contributed by atoms with Crippen molar-refractivity contribution in [2.75, 3.05) is 39.5 Å². The topological polar surface area (TPSA) is 89.3 Å². The van der Waals surface area contributed by atoms with Crippen LogP contribution in [0, 0.1) is 5.92 Å². The van der Waals surface area contributed by atoms with Crippen LogP contribution in [0.25, 0.3) is 22.0 Å². The minimum absolute atomic E-state index is 0.0656. The summed E-state index contributed by atoms with van der Waals surface area (Å²) in [5.41, 5.74) is 3.51. The van der Waals surface area contributed by atoms with Crippen LogP contribution in [0.1, 0.15) is 31.2 Å². The first-order valence-corrected chi connectivity index (χ1v) is 13.9. The number of ether oxygens (including phenoxy) is 2. The summed E-state index contributed by atoms with van der Waals surface area (Å²) in [4.78, 5) is 35.4. The molecule has 4 aliphatic heterocycles. The number of hydrogen-bond acceptors (Lipinski definition) is 6. The van der Waals surface area contributed by atoms with Gasteiger partial charge in [-0.1, -0.05) is 30.3 Å². The van der Waals surface area contributed by atoms with Crippen molar-refractivity contribution in [2.45, 2.75) is 37.3 Å². The van der Waals surface area contributed by atoms with Crippen LogP contribution in [0.2, 0.25) is 0 Å². The van der Waals surface area contributed by atoms with E-state index in [4.69, 9.17) is 14.5 Å². The molecule has 1 aromatic heterocycles. The first kappa shape index (κ1) is 24.5. The highest BCUT2D eigenvalue weighted by molar-refractivity contribution is 6.15. The van der Waals surface area contributed by atoms with Crippen molar-refractivity contribution in [3.63, 3.8) is 0 Å². The van der Waals surface area contributed by atoms with E-state index in [9.17, 15) is 9.59 Å². The number of benzene rings is 2. The second-order valence-corrected chi connectivity index (χ2v) is 11.2. The molecule has 7 rings (SSSR count). The highest BCUT2D eigenvalue weighted by Gasteiger charge is 2.50. The van der Waals surface area contributed by atoms with Gasteiger partial charge in [-0.05, 0) is 36.1 Å². The summed E-state index contributed by atoms with van der Waals surface area (Å²) >= 11 is 0. The van der Waals surface area contributed by atoms with Gasteiger partial charge in [0.15, 0.2) is 0 Å². The number of aromatic nitrogens is 2. The number of amides is 2. The summed E-state index contributed by atoms with van der Waals surface area (Å²) in [6.07, 6.45) is 4.54. The number of carbonyl (C=O) groups is 2. The van der Waals surface area contributed by atoms with E-state index < -0.39 is 5.54 Å². The predicted molar refractivity (Wildman–Crippen MR) is 146 cm³/mol. The molecule has 9 nitrogen and oxygen atoms in total. The van der Waals surface area contributed by atoms with Gasteiger partial charge in [-0.2, -0.15) is 5.10 Å². The zero-order valence-electron chi connectivity index (χ0n) is 22.2. The maximum atomic E-state index is 13.8. The Balaban J connectivity index is 1.12. The Labute approximate surface area is 227 Å². The molecule has 3 aromatic rings. The van der Waals surface area contributed by atoms with Crippen molar-refractivity contribution in [2.24, 2.45) is 18.0 Å². The Morgan fingerprint density at radius 1 is 1.03 bits per heavy atom. The number of likely N-dealkylation sites (tertiary alicyclic amines) is 1. The van der Waals surface area contributed by atoms with Crippen LogP contribution in [0.5, 0.6) is 0 Å². The zero-order chi connectivity index (χ0) is 26.6. The van der Waals surface area contributed by atoms with Gasteiger partial charge < -0.3 is 14.4 Å². The van der Waals surface area contributed by atoms with Gasteiger partial charge in [0.1, 0.15) is 17.5 Å². The number of hydrogen-bond donors (Lipinski definition) is 0. The van der Waals surface area contributed by atoms with Crippen LogP contribution in [-0.4, -0.2) is 88.3 Å². The van der Waals surface area contributed by atoms with Crippen molar-refractivity contribution >= 4 is 28.6 Å². The molecule has 1 unspecified atom stereocenters. The summed E-state index contributed by atoms with van der Waals surface area (Å²) in [5, 5.41) is 5.45. The monoisotopic (exact) mass is 527 g/mol. The Hall–Kier alpha value is -3.56. The summed E-state index contributed by atoms with van der Waals surface area (Å²) in [6.45, 7) is 3.62. The van der Waals surface area contributed by atoms with Crippen LogP contribution >= 0.6 is 0 Å². The molecule has 202 valence electrons. The fourth-order valence-corrected chi connectivity index (χ4v) is 6.34. The number of rotatable bonds is 5. The molecule has 39 heavy (non-hydrogen) atoms. The van der Waals surface area contributed by atoms with Gasteiger partial charge in [0, 0.05) is 76.2 Å². The molecule has 3 saturated heterocycles. The largest absolute Gasteiger partial charge is 0.381 e. The van der Waals surface area contributed by atoms with Crippen LogP contribution in [0.3, 0.4) is 0 Å². The molecule has 2 amide bonds. The van der Waals surface area contributed by atoms with Crippen LogP contribution < -0.4 is 0 Å². The smallest absolute Gasteiger partial charge is 0.256 e. The number of carbonyl (C=O) groups excluding carboxylic acids is 2. The molecule has 1 atom stereocenters. The second kappa shape index (κ2) is 9.57. The second-order valence-electron chi connectivity index (χ2n) is 11.2. The minimum atomic E-state index is -0.742. The van der Waals surface area contributed by atoms with Crippen molar-refractivity contribution in [3.05, 3.63) is 54.2 Å². The summed E-state index contributed by atoms with van der Waals surface area (Å²) in [7, 11) is 1.94. The van der Waals surface area contributed by atoms with E-state index >= 15 is 0 Å². The van der Waals surface area contributed by atoms with Crippen LogP contribution in [0.15, 0.2) is 53.7 Å². The summed E-state index contributed by atoms with van der Waals surface area (Å²) < 4.78 is 13.0. The maximum absolute atomic E-state index is 13.8.